The zero-order valence-corrected chi connectivity index (χ0v) is 17.0. The molecule has 0 bridgehead atoms. The van der Waals surface area contributed by atoms with Gasteiger partial charge in [0.05, 0.1) is 29.8 Å². The highest BCUT2D eigenvalue weighted by molar-refractivity contribution is 7.14. The van der Waals surface area contributed by atoms with E-state index >= 15 is 0 Å². The van der Waals surface area contributed by atoms with Crippen LogP contribution in [-0.2, 0) is 11.2 Å². The number of nitrogens with zero attached hydrogens (tertiary/aromatic N) is 2. The number of methoxy groups -OCH3 is 1. The summed E-state index contributed by atoms with van der Waals surface area (Å²) in [4.78, 5) is 39.2. The van der Waals surface area contributed by atoms with E-state index in [4.69, 9.17) is 4.74 Å². The van der Waals surface area contributed by atoms with Gasteiger partial charge in [0.25, 0.3) is 11.6 Å². The molecule has 2 aromatic carbocycles. The smallest absolute Gasteiger partial charge is 0.271 e. The third kappa shape index (κ3) is 5.17. The summed E-state index contributed by atoms with van der Waals surface area (Å²) in [5.74, 6) is -0.0414. The third-order valence-corrected chi connectivity index (χ3v) is 4.98. The van der Waals surface area contributed by atoms with Gasteiger partial charge in [-0.15, -0.1) is 11.3 Å². The molecule has 0 aliphatic heterocycles. The first-order valence-electron chi connectivity index (χ1n) is 8.80. The number of non-ortho nitro benzene ring substituents is 1. The molecule has 30 heavy (non-hydrogen) atoms. The van der Waals surface area contributed by atoms with Crippen LogP contribution in [-0.4, -0.2) is 28.8 Å². The largest absolute Gasteiger partial charge is 0.497 e. The quantitative estimate of drug-likeness (QED) is 0.437. The second-order valence-electron chi connectivity index (χ2n) is 6.31. The molecular weight excluding hydrogens is 408 g/mol. The van der Waals surface area contributed by atoms with Gasteiger partial charge in [0.1, 0.15) is 5.75 Å². The highest BCUT2D eigenvalue weighted by Gasteiger charge is 2.14. The molecular formula is C20H18N4O5S. The molecule has 9 nitrogen and oxygen atoms in total. The van der Waals surface area contributed by atoms with Crippen molar-refractivity contribution in [3.05, 3.63) is 74.8 Å². The lowest BCUT2D eigenvalue weighted by Crippen LogP contribution is -2.16. The number of benzene rings is 2. The predicted octanol–water partition coefficient (Wildman–Crippen LogP) is 3.80. The van der Waals surface area contributed by atoms with Crippen molar-refractivity contribution in [3.8, 4) is 5.75 Å². The first-order valence-corrected chi connectivity index (χ1v) is 9.68. The molecule has 2 amide bonds. The van der Waals surface area contributed by atoms with E-state index in [2.05, 4.69) is 15.6 Å². The maximum atomic E-state index is 12.3. The lowest BCUT2D eigenvalue weighted by Gasteiger charge is -2.07. The van der Waals surface area contributed by atoms with Crippen LogP contribution >= 0.6 is 11.3 Å². The van der Waals surface area contributed by atoms with Crippen LogP contribution in [0.4, 0.5) is 16.5 Å². The van der Waals surface area contributed by atoms with E-state index in [1.165, 1.54) is 23.5 Å². The zero-order valence-electron chi connectivity index (χ0n) is 16.2. The summed E-state index contributed by atoms with van der Waals surface area (Å²) in [6.45, 7) is 1.75. The summed E-state index contributed by atoms with van der Waals surface area (Å²) in [6, 6.07) is 10.9. The van der Waals surface area contributed by atoms with Crippen molar-refractivity contribution < 1.29 is 19.2 Å². The Bertz CT molecular complexity index is 1090. The molecule has 0 fully saturated rings. The predicted molar refractivity (Wildman–Crippen MR) is 113 cm³/mol. The molecule has 154 valence electrons. The lowest BCUT2D eigenvalue weighted by atomic mass is 10.1. The fourth-order valence-electron chi connectivity index (χ4n) is 2.57. The van der Waals surface area contributed by atoms with Crippen molar-refractivity contribution in [2.45, 2.75) is 13.3 Å². The molecule has 0 aliphatic carbocycles. The Morgan fingerprint density at radius 2 is 1.90 bits per heavy atom. The average molecular weight is 426 g/mol. The van der Waals surface area contributed by atoms with Crippen LogP contribution in [0.15, 0.2) is 47.8 Å². The fourth-order valence-corrected chi connectivity index (χ4v) is 3.28. The lowest BCUT2D eigenvalue weighted by molar-refractivity contribution is -0.384. The van der Waals surface area contributed by atoms with Crippen LogP contribution < -0.4 is 15.4 Å². The number of carbonyl (C=O) groups excluding carboxylic acids is 2. The molecule has 0 aliphatic rings. The van der Waals surface area contributed by atoms with Crippen molar-refractivity contribution in [1.82, 2.24) is 4.98 Å². The van der Waals surface area contributed by atoms with Crippen LogP contribution in [0, 0.1) is 17.0 Å². The molecule has 0 atom stereocenters. The molecule has 0 saturated carbocycles. The Hall–Kier alpha value is -3.79. The number of aryl methyl sites for hydroxylation is 1. The van der Waals surface area contributed by atoms with E-state index in [1.54, 1.807) is 49.7 Å². The van der Waals surface area contributed by atoms with Gasteiger partial charge in [0.15, 0.2) is 5.13 Å². The maximum absolute atomic E-state index is 12.3. The van der Waals surface area contributed by atoms with E-state index in [0.717, 1.165) is 0 Å². The minimum atomic E-state index is -0.521. The Kier molecular flexibility index (Phi) is 6.38. The van der Waals surface area contributed by atoms with Gasteiger partial charge in [-0.2, -0.15) is 0 Å². The van der Waals surface area contributed by atoms with Crippen molar-refractivity contribution in [1.29, 1.82) is 0 Å². The average Bonchev–Trinajstić information content (AvgIpc) is 3.16. The standard InChI is InChI=1S/C20H18N4O5S/c1-12-3-6-15(24(27)28)10-17(12)22-18(25)9-14-11-30-20(21-14)23-19(26)13-4-7-16(29-2)8-5-13/h3-8,10-11H,9H2,1-2H3,(H,22,25)(H,21,23,26). The molecule has 0 unspecified atom stereocenters. The summed E-state index contributed by atoms with van der Waals surface area (Å²) < 4.78 is 5.06. The van der Waals surface area contributed by atoms with Gasteiger partial charge in [0.2, 0.25) is 5.91 Å². The summed E-state index contributed by atoms with van der Waals surface area (Å²) in [7, 11) is 1.54. The number of rotatable bonds is 7. The highest BCUT2D eigenvalue weighted by atomic mass is 32.1. The SMILES string of the molecule is COc1ccc(C(=O)Nc2nc(CC(=O)Nc3cc([N+](=O)[O-])ccc3C)cs2)cc1. The number of nitro benzene ring substituents is 1. The molecule has 0 spiro atoms. The Balaban J connectivity index is 1.61. The number of nitro groups is 1. The van der Waals surface area contributed by atoms with Crippen LogP contribution in [0.2, 0.25) is 0 Å². The van der Waals surface area contributed by atoms with Crippen LogP contribution in [0.1, 0.15) is 21.6 Å². The minimum Gasteiger partial charge on any atom is -0.497 e. The minimum absolute atomic E-state index is 0.0307. The van der Waals surface area contributed by atoms with Gasteiger partial charge in [0, 0.05) is 23.1 Å². The number of thiazole rings is 1. The molecule has 1 aromatic heterocycles. The molecule has 0 radical (unpaired) electrons. The number of hydrogen-bond donors (Lipinski definition) is 2. The number of nitrogens with one attached hydrogen (secondary N) is 2. The first-order chi connectivity index (χ1) is 14.4. The van der Waals surface area contributed by atoms with Crippen LogP contribution in [0.25, 0.3) is 0 Å². The number of aromatic nitrogens is 1. The van der Waals surface area contributed by atoms with Crippen molar-refractivity contribution in [3.63, 3.8) is 0 Å². The fraction of sp³-hybridized carbons (Fsp3) is 0.150. The van der Waals surface area contributed by atoms with E-state index in [9.17, 15) is 19.7 Å². The molecule has 2 N–H and O–H groups in total. The van der Waals surface area contributed by atoms with E-state index in [0.29, 0.717) is 33.4 Å². The van der Waals surface area contributed by atoms with Crippen LogP contribution in [0.3, 0.4) is 0 Å². The van der Waals surface area contributed by atoms with E-state index in [1.807, 2.05) is 0 Å². The Labute approximate surface area is 175 Å². The molecule has 0 saturated heterocycles. The van der Waals surface area contributed by atoms with Gasteiger partial charge in [-0.25, -0.2) is 4.98 Å². The molecule has 1 heterocycles. The van der Waals surface area contributed by atoms with Crippen molar-refractivity contribution in [2.24, 2.45) is 0 Å². The summed E-state index contributed by atoms with van der Waals surface area (Å²) in [5.41, 5.74) is 1.90. The van der Waals surface area contributed by atoms with Crippen LogP contribution in [0.5, 0.6) is 5.75 Å². The van der Waals surface area contributed by atoms with E-state index < -0.39 is 4.92 Å². The van der Waals surface area contributed by atoms with E-state index in [-0.39, 0.29) is 23.9 Å². The van der Waals surface area contributed by atoms with Crippen molar-refractivity contribution in [2.75, 3.05) is 17.7 Å². The second kappa shape index (κ2) is 9.14. The normalized spacial score (nSPS) is 10.3. The monoisotopic (exact) mass is 426 g/mol. The van der Waals surface area contributed by atoms with Gasteiger partial charge < -0.3 is 10.1 Å². The highest BCUT2D eigenvalue weighted by Crippen LogP contribution is 2.23. The number of ether oxygens (including phenoxy) is 1. The maximum Gasteiger partial charge on any atom is 0.271 e. The number of carbonyl (C=O) groups is 2. The zero-order chi connectivity index (χ0) is 21.7. The van der Waals surface area contributed by atoms with Crippen molar-refractivity contribution >= 4 is 39.7 Å². The third-order valence-electron chi connectivity index (χ3n) is 4.17. The Morgan fingerprint density at radius 3 is 2.57 bits per heavy atom. The first kappa shape index (κ1) is 20.9. The molecule has 10 heteroatoms. The Morgan fingerprint density at radius 1 is 1.17 bits per heavy atom. The summed E-state index contributed by atoms with van der Waals surface area (Å²) in [5, 5.41) is 18.3. The molecule has 3 aromatic rings. The summed E-state index contributed by atoms with van der Waals surface area (Å²) >= 11 is 1.20. The van der Waals surface area contributed by atoms with Gasteiger partial charge in [-0.1, -0.05) is 6.07 Å². The number of amides is 2. The number of anilines is 2. The number of hydrogen-bond acceptors (Lipinski definition) is 7. The summed E-state index contributed by atoms with van der Waals surface area (Å²) in [6.07, 6.45) is -0.0307. The molecule has 3 rings (SSSR count). The topological polar surface area (TPSA) is 123 Å². The van der Waals surface area contributed by atoms with Gasteiger partial charge in [-0.05, 0) is 36.8 Å². The second-order valence-corrected chi connectivity index (χ2v) is 7.17. The van der Waals surface area contributed by atoms with Gasteiger partial charge in [-0.3, -0.25) is 25.0 Å². The van der Waals surface area contributed by atoms with Gasteiger partial charge >= 0.3 is 0 Å².